The fourth-order valence-electron chi connectivity index (χ4n) is 2.72. The summed E-state index contributed by atoms with van der Waals surface area (Å²) in [6.45, 7) is 2.59. The maximum atomic E-state index is 11.8. The van der Waals surface area contributed by atoms with Crippen molar-refractivity contribution in [3.8, 4) is 11.5 Å². The van der Waals surface area contributed by atoms with Gasteiger partial charge < -0.3 is 19.5 Å². The number of hydrogen-bond acceptors (Lipinski definition) is 5. The summed E-state index contributed by atoms with van der Waals surface area (Å²) in [5.41, 5.74) is 1.09. The molecule has 0 radical (unpaired) electrons. The van der Waals surface area contributed by atoms with Gasteiger partial charge in [-0.25, -0.2) is 0 Å². The van der Waals surface area contributed by atoms with E-state index in [1.54, 1.807) is 0 Å². The van der Waals surface area contributed by atoms with Gasteiger partial charge in [-0.15, -0.1) is 0 Å². The third-order valence-electron chi connectivity index (χ3n) is 3.71. The van der Waals surface area contributed by atoms with Crippen LogP contribution in [-0.4, -0.2) is 39.4 Å². The molecule has 0 aromatic heterocycles. The van der Waals surface area contributed by atoms with Crippen molar-refractivity contribution in [3.63, 3.8) is 0 Å². The summed E-state index contributed by atoms with van der Waals surface area (Å²) < 4.78 is 16.0. The molecule has 2 aliphatic heterocycles. The molecule has 2 aliphatic rings. The highest BCUT2D eigenvalue weighted by molar-refractivity contribution is 5.74. The molecule has 1 N–H and O–H groups in total. The van der Waals surface area contributed by atoms with Crippen molar-refractivity contribution in [3.05, 3.63) is 23.8 Å². The Morgan fingerprint density at radius 3 is 2.84 bits per heavy atom. The molecule has 1 aromatic carbocycles. The normalized spacial score (nSPS) is 25.1. The van der Waals surface area contributed by atoms with Gasteiger partial charge in [0.1, 0.15) is 13.2 Å². The summed E-state index contributed by atoms with van der Waals surface area (Å²) in [7, 11) is 1.43. The molecule has 0 saturated carbocycles. The van der Waals surface area contributed by atoms with E-state index in [0.29, 0.717) is 19.8 Å². The first-order valence-electron chi connectivity index (χ1n) is 6.47. The first-order valence-corrected chi connectivity index (χ1v) is 6.47. The highest BCUT2D eigenvalue weighted by Gasteiger charge is 2.35. The Hall–Kier alpha value is -1.75. The number of esters is 1. The summed E-state index contributed by atoms with van der Waals surface area (Å²) in [4.78, 5) is 11.8. The average molecular weight is 263 g/mol. The minimum absolute atomic E-state index is 0.128. The molecule has 1 fully saturated rings. The predicted molar refractivity (Wildman–Crippen MR) is 68.5 cm³/mol. The molecular formula is C14H17NO4. The molecule has 0 bridgehead atoms. The van der Waals surface area contributed by atoms with E-state index in [9.17, 15) is 4.79 Å². The third-order valence-corrected chi connectivity index (χ3v) is 3.71. The fraction of sp³-hybridized carbons (Fsp3) is 0.500. The van der Waals surface area contributed by atoms with Crippen LogP contribution in [0.25, 0.3) is 0 Å². The van der Waals surface area contributed by atoms with E-state index in [2.05, 4.69) is 5.32 Å². The smallest absolute Gasteiger partial charge is 0.310 e. The predicted octanol–water partition coefficient (Wildman–Crippen LogP) is 0.934. The van der Waals surface area contributed by atoms with Crippen LogP contribution >= 0.6 is 0 Å². The molecule has 19 heavy (non-hydrogen) atoms. The van der Waals surface area contributed by atoms with Gasteiger partial charge in [-0.05, 0) is 17.7 Å². The van der Waals surface area contributed by atoms with E-state index >= 15 is 0 Å². The molecule has 2 atom stereocenters. The first kappa shape index (κ1) is 12.3. The van der Waals surface area contributed by atoms with Gasteiger partial charge in [0.05, 0.1) is 13.0 Å². The van der Waals surface area contributed by atoms with Crippen LogP contribution in [0.4, 0.5) is 0 Å². The van der Waals surface area contributed by atoms with Gasteiger partial charge in [-0.1, -0.05) is 6.07 Å². The van der Waals surface area contributed by atoms with Crippen molar-refractivity contribution >= 4 is 5.97 Å². The number of ether oxygens (including phenoxy) is 3. The van der Waals surface area contributed by atoms with Gasteiger partial charge in [-0.2, -0.15) is 0 Å². The molecule has 5 nitrogen and oxygen atoms in total. The van der Waals surface area contributed by atoms with Gasteiger partial charge in [-0.3, -0.25) is 4.79 Å². The number of nitrogens with one attached hydrogen (secondary N) is 1. The van der Waals surface area contributed by atoms with E-state index in [-0.39, 0.29) is 17.8 Å². The van der Waals surface area contributed by atoms with Crippen LogP contribution in [0.15, 0.2) is 18.2 Å². The second-order valence-corrected chi connectivity index (χ2v) is 4.80. The highest BCUT2D eigenvalue weighted by atomic mass is 16.6. The molecule has 1 aromatic rings. The van der Waals surface area contributed by atoms with E-state index in [4.69, 9.17) is 14.2 Å². The molecule has 0 spiro atoms. The minimum Gasteiger partial charge on any atom is -0.486 e. The zero-order valence-corrected chi connectivity index (χ0v) is 10.8. The Morgan fingerprint density at radius 1 is 1.26 bits per heavy atom. The molecule has 3 rings (SSSR count). The molecule has 102 valence electrons. The summed E-state index contributed by atoms with van der Waals surface area (Å²) in [5, 5.41) is 3.24. The van der Waals surface area contributed by atoms with E-state index in [0.717, 1.165) is 23.6 Å². The number of rotatable bonds is 2. The summed E-state index contributed by atoms with van der Waals surface area (Å²) in [6.07, 6.45) is 0. The quantitative estimate of drug-likeness (QED) is 0.805. The lowest BCUT2D eigenvalue weighted by Crippen LogP contribution is -2.23. The Balaban J connectivity index is 1.87. The maximum absolute atomic E-state index is 11.8. The SMILES string of the molecule is COC(=O)[C@@H]1CNC[C@H]1c1ccc2c(c1)OCCO2. The Labute approximate surface area is 111 Å². The van der Waals surface area contributed by atoms with Gasteiger partial charge in [0.25, 0.3) is 0 Å². The van der Waals surface area contributed by atoms with Crippen LogP contribution in [-0.2, 0) is 9.53 Å². The maximum Gasteiger partial charge on any atom is 0.310 e. The molecule has 2 heterocycles. The molecule has 5 heteroatoms. The van der Waals surface area contributed by atoms with Crippen LogP contribution in [0, 0.1) is 5.92 Å². The fourth-order valence-corrected chi connectivity index (χ4v) is 2.72. The van der Waals surface area contributed by atoms with Crippen molar-refractivity contribution in [1.82, 2.24) is 5.32 Å². The van der Waals surface area contributed by atoms with Gasteiger partial charge in [0.15, 0.2) is 11.5 Å². The zero-order valence-electron chi connectivity index (χ0n) is 10.8. The van der Waals surface area contributed by atoms with Gasteiger partial charge in [0.2, 0.25) is 0 Å². The monoisotopic (exact) mass is 263 g/mol. The number of carbonyl (C=O) groups excluding carboxylic acids is 1. The first-order chi connectivity index (χ1) is 9.29. The minimum atomic E-state index is -0.162. The molecule has 0 aliphatic carbocycles. The van der Waals surface area contributed by atoms with E-state index in [1.807, 2.05) is 18.2 Å². The van der Waals surface area contributed by atoms with Crippen molar-refractivity contribution in [2.75, 3.05) is 33.4 Å². The molecule has 0 amide bonds. The second-order valence-electron chi connectivity index (χ2n) is 4.80. The van der Waals surface area contributed by atoms with E-state index in [1.165, 1.54) is 7.11 Å². The van der Waals surface area contributed by atoms with Crippen LogP contribution in [0.3, 0.4) is 0 Å². The van der Waals surface area contributed by atoms with Crippen LogP contribution in [0.5, 0.6) is 11.5 Å². The van der Waals surface area contributed by atoms with Crippen molar-refractivity contribution in [1.29, 1.82) is 0 Å². The molecular weight excluding hydrogens is 246 g/mol. The summed E-state index contributed by atoms with van der Waals surface area (Å²) in [6, 6.07) is 5.89. The molecule has 0 unspecified atom stereocenters. The highest BCUT2D eigenvalue weighted by Crippen LogP contribution is 2.36. The second kappa shape index (κ2) is 5.09. The number of hydrogen-bond donors (Lipinski definition) is 1. The third kappa shape index (κ3) is 2.26. The van der Waals surface area contributed by atoms with E-state index < -0.39 is 0 Å². The van der Waals surface area contributed by atoms with Crippen molar-refractivity contribution in [2.24, 2.45) is 5.92 Å². The largest absolute Gasteiger partial charge is 0.486 e. The Kier molecular flexibility index (Phi) is 3.29. The summed E-state index contributed by atoms with van der Waals surface area (Å²) >= 11 is 0. The Bertz CT molecular complexity index is 488. The number of methoxy groups -OCH3 is 1. The number of carbonyl (C=O) groups is 1. The molecule has 1 saturated heterocycles. The zero-order chi connectivity index (χ0) is 13.2. The lowest BCUT2D eigenvalue weighted by Gasteiger charge is -2.22. The Morgan fingerprint density at radius 2 is 2.05 bits per heavy atom. The van der Waals surface area contributed by atoms with Crippen molar-refractivity contribution in [2.45, 2.75) is 5.92 Å². The number of fused-ring (bicyclic) bond motifs is 1. The van der Waals surface area contributed by atoms with Gasteiger partial charge >= 0.3 is 5.97 Å². The number of benzene rings is 1. The van der Waals surface area contributed by atoms with Gasteiger partial charge in [0, 0.05) is 19.0 Å². The lowest BCUT2D eigenvalue weighted by atomic mass is 9.89. The van der Waals surface area contributed by atoms with Crippen LogP contribution in [0.1, 0.15) is 11.5 Å². The lowest BCUT2D eigenvalue weighted by molar-refractivity contribution is -0.145. The van der Waals surface area contributed by atoms with Crippen LogP contribution in [0.2, 0.25) is 0 Å². The topological polar surface area (TPSA) is 56.8 Å². The van der Waals surface area contributed by atoms with Crippen molar-refractivity contribution < 1.29 is 19.0 Å². The summed E-state index contributed by atoms with van der Waals surface area (Å²) in [5.74, 6) is 1.37. The van der Waals surface area contributed by atoms with Crippen LogP contribution < -0.4 is 14.8 Å². The average Bonchev–Trinajstić information content (AvgIpc) is 2.95. The standard InChI is InChI=1S/C14H17NO4/c1-17-14(16)11-8-15-7-10(11)9-2-3-12-13(6-9)19-5-4-18-12/h2-3,6,10-11,15H,4-5,7-8H2,1H3/t10-,11+/m0/s1.